The average Bonchev–Trinajstić information content (AvgIpc) is 2.75. The molecule has 3 rings (SSSR count). The molecule has 5 heteroatoms. The van der Waals surface area contributed by atoms with Gasteiger partial charge in [0.2, 0.25) is 0 Å². The maximum absolute atomic E-state index is 12.5. The molecule has 2 amide bonds. The molecule has 0 bridgehead atoms. The summed E-state index contributed by atoms with van der Waals surface area (Å²) in [5, 5.41) is 0. The van der Waals surface area contributed by atoms with Crippen LogP contribution in [0.25, 0.3) is 0 Å². The Morgan fingerprint density at radius 2 is 1.38 bits per heavy atom. The molecule has 0 saturated heterocycles. The second-order valence-electron chi connectivity index (χ2n) is 4.97. The molecule has 1 aliphatic rings. The molecule has 0 saturated carbocycles. The van der Waals surface area contributed by atoms with Gasteiger partial charge in [-0.05, 0) is 19.9 Å². The summed E-state index contributed by atoms with van der Waals surface area (Å²) >= 11 is 0. The van der Waals surface area contributed by atoms with Crippen molar-refractivity contribution in [1.29, 1.82) is 0 Å². The van der Waals surface area contributed by atoms with Gasteiger partial charge in [-0.15, -0.1) is 0 Å². The van der Waals surface area contributed by atoms with Gasteiger partial charge in [0.1, 0.15) is 0 Å². The van der Waals surface area contributed by atoms with Crippen LogP contribution in [-0.4, -0.2) is 21.8 Å². The largest absolute Gasteiger partial charge is 0.359 e. The van der Waals surface area contributed by atoms with Crippen molar-refractivity contribution in [2.24, 2.45) is 0 Å². The van der Waals surface area contributed by atoms with Crippen molar-refractivity contribution in [1.82, 2.24) is 14.5 Å². The molecule has 0 spiro atoms. The Balaban J connectivity index is 2.33. The lowest BCUT2D eigenvalue weighted by molar-refractivity contribution is -0.132. The van der Waals surface area contributed by atoms with Gasteiger partial charge in [0.25, 0.3) is 0 Å². The maximum Gasteiger partial charge on any atom is 0.359 e. The number of nitrogens with zero attached hydrogens (tertiary/aromatic N) is 3. The first-order valence-corrected chi connectivity index (χ1v) is 6.60. The molecule has 0 atom stereocenters. The molecule has 2 aromatic rings. The summed E-state index contributed by atoms with van der Waals surface area (Å²) < 4.78 is -0.608. The summed E-state index contributed by atoms with van der Waals surface area (Å²) in [5.41, 5.74) is 1.99. The van der Waals surface area contributed by atoms with Crippen molar-refractivity contribution in [3.63, 3.8) is 0 Å². The Kier molecular flexibility index (Phi) is 2.99. The number of carbonyl (C=O) groups is 2. The van der Waals surface area contributed by atoms with Crippen LogP contribution in [0.15, 0.2) is 48.6 Å². The number of benzene rings is 1. The van der Waals surface area contributed by atoms with Crippen molar-refractivity contribution in [3.8, 4) is 0 Å². The predicted octanol–water partition coefficient (Wildman–Crippen LogP) is 2.36. The molecule has 0 N–H and O–H groups in total. The van der Waals surface area contributed by atoms with Crippen molar-refractivity contribution >= 4 is 23.5 Å². The smallest absolute Gasteiger partial charge is 0.225 e. The first-order valence-electron chi connectivity index (χ1n) is 6.60. The van der Waals surface area contributed by atoms with Gasteiger partial charge < -0.3 is 0 Å². The second-order valence-corrected chi connectivity index (χ2v) is 4.97. The van der Waals surface area contributed by atoms with Crippen molar-refractivity contribution in [3.05, 3.63) is 59.9 Å². The van der Waals surface area contributed by atoms with Crippen molar-refractivity contribution in [2.75, 3.05) is 0 Å². The van der Waals surface area contributed by atoms with Crippen molar-refractivity contribution < 1.29 is 9.59 Å². The molecule has 0 aliphatic carbocycles. The molecule has 0 radical (unpaired) electrons. The molecule has 0 fully saturated rings. The lowest BCUT2D eigenvalue weighted by Crippen LogP contribution is -2.51. The number of hydrogen-bond acceptors (Lipinski definition) is 4. The fraction of sp³-hybridized carbons (Fsp3) is 0.125. The van der Waals surface area contributed by atoms with E-state index in [2.05, 4.69) is 9.97 Å². The Morgan fingerprint density at radius 3 is 1.90 bits per heavy atom. The van der Waals surface area contributed by atoms with Gasteiger partial charge in [0, 0.05) is 23.5 Å². The van der Waals surface area contributed by atoms with Gasteiger partial charge in [0.15, 0.2) is 5.69 Å². The Bertz CT molecular complexity index is 728. The van der Waals surface area contributed by atoms with E-state index in [1.165, 1.54) is 12.2 Å². The highest BCUT2D eigenvalue weighted by Gasteiger charge is 2.53. The summed E-state index contributed by atoms with van der Waals surface area (Å²) in [5.74, 6) is -0.508. The first kappa shape index (κ1) is 13.3. The third-order valence-corrected chi connectivity index (χ3v) is 3.44. The van der Waals surface area contributed by atoms with Crippen molar-refractivity contribution in [2.45, 2.75) is 13.8 Å². The lowest BCUT2D eigenvalue weighted by atomic mass is 10.2. The van der Waals surface area contributed by atoms with Crippen LogP contribution in [-0.2, 0) is 9.59 Å². The van der Waals surface area contributed by atoms with E-state index in [4.69, 9.17) is 0 Å². The number of rotatable bonds is 2. The zero-order valence-corrected chi connectivity index (χ0v) is 11.8. The molecular formula is C16H14N3O2+. The van der Waals surface area contributed by atoms with E-state index in [9.17, 15) is 9.59 Å². The minimum absolute atomic E-state index is 0.193. The fourth-order valence-electron chi connectivity index (χ4n) is 2.55. The topological polar surface area (TPSA) is 59.9 Å². The van der Waals surface area contributed by atoms with E-state index in [1.807, 2.05) is 26.0 Å². The van der Waals surface area contributed by atoms with E-state index in [-0.39, 0.29) is 17.8 Å². The van der Waals surface area contributed by atoms with Crippen LogP contribution >= 0.6 is 0 Å². The minimum Gasteiger partial charge on any atom is -0.225 e. The molecule has 1 aromatic heterocycles. The van der Waals surface area contributed by atoms with Crippen LogP contribution in [0.4, 0.5) is 11.6 Å². The zero-order valence-electron chi connectivity index (χ0n) is 11.8. The van der Waals surface area contributed by atoms with E-state index in [1.54, 1.807) is 24.3 Å². The number of quaternary nitrogens is 1. The second kappa shape index (κ2) is 4.71. The summed E-state index contributed by atoms with van der Waals surface area (Å²) in [6, 6.07) is 10.7. The predicted molar refractivity (Wildman–Crippen MR) is 78.6 cm³/mol. The number of carbonyl (C=O) groups excluding carboxylic acids is 2. The van der Waals surface area contributed by atoms with Crippen LogP contribution in [0.3, 0.4) is 0 Å². The third kappa shape index (κ3) is 1.90. The molecule has 21 heavy (non-hydrogen) atoms. The van der Waals surface area contributed by atoms with Gasteiger partial charge in [-0.2, -0.15) is 9.97 Å². The molecule has 2 heterocycles. The zero-order chi connectivity index (χ0) is 15.0. The monoisotopic (exact) mass is 280 g/mol. The summed E-state index contributed by atoms with van der Waals surface area (Å²) in [6.07, 6.45) is 2.58. The quantitative estimate of drug-likeness (QED) is 0.626. The average molecular weight is 280 g/mol. The fourth-order valence-corrected chi connectivity index (χ4v) is 2.55. The first-order chi connectivity index (χ1) is 10.0. The van der Waals surface area contributed by atoms with Crippen LogP contribution in [0.5, 0.6) is 0 Å². The van der Waals surface area contributed by atoms with Crippen LogP contribution < -0.4 is 4.48 Å². The summed E-state index contributed by atoms with van der Waals surface area (Å²) in [6.45, 7) is 3.64. The Hall–Kier alpha value is -2.66. The van der Waals surface area contributed by atoms with Crippen LogP contribution in [0, 0.1) is 13.8 Å². The highest BCUT2D eigenvalue weighted by atomic mass is 16.2. The highest BCUT2D eigenvalue weighted by Crippen LogP contribution is 2.36. The third-order valence-electron chi connectivity index (χ3n) is 3.44. The Labute approximate surface area is 122 Å². The number of aromatic nitrogens is 2. The molecule has 0 unspecified atom stereocenters. The molecular weight excluding hydrogens is 266 g/mol. The lowest BCUT2D eigenvalue weighted by Gasteiger charge is -2.25. The molecule has 5 nitrogen and oxygen atoms in total. The number of para-hydroxylation sites is 1. The summed E-state index contributed by atoms with van der Waals surface area (Å²) in [4.78, 5) is 33.7. The number of imide groups is 1. The van der Waals surface area contributed by atoms with E-state index in [0.717, 1.165) is 11.4 Å². The van der Waals surface area contributed by atoms with Gasteiger partial charge in [-0.1, -0.05) is 22.7 Å². The number of hydrogen-bond donors (Lipinski definition) is 0. The van der Waals surface area contributed by atoms with Crippen LogP contribution in [0.2, 0.25) is 0 Å². The van der Waals surface area contributed by atoms with Crippen LogP contribution in [0.1, 0.15) is 11.4 Å². The maximum atomic E-state index is 12.5. The number of amides is 2. The summed E-state index contributed by atoms with van der Waals surface area (Å²) in [7, 11) is 0. The molecule has 1 aliphatic heterocycles. The highest BCUT2D eigenvalue weighted by molar-refractivity contribution is 6.26. The SMILES string of the molecule is Cc1cc(C)nc([N+]2(c3ccccc3)C(=O)C=CC2=O)n1. The van der Waals surface area contributed by atoms with Gasteiger partial charge in [0.05, 0.1) is 12.2 Å². The Morgan fingerprint density at radius 1 is 0.857 bits per heavy atom. The number of aryl methyl sites for hydroxylation is 2. The molecule has 1 aromatic carbocycles. The van der Waals surface area contributed by atoms with Gasteiger partial charge >= 0.3 is 17.8 Å². The van der Waals surface area contributed by atoms with E-state index >= 15 is 0 Å². The minimum atomic E-state index is -0.608. The van der Waals surface area contributed by atoms with Gasteiger partial charge in [-0.25, -0.2) is 9.59 Å². The van der Waals surface area contributed by atoms with Gasteiger partial charge in [-0.3, -0.25) is 0 Å². The van der Waals surface area contributed by atoms with E-state index < -0.39 is 4.48 Å². The standard InChI is InChI=1S/C16H14N3O2/c1-11-10-12(2)18-16(17-11)19(13-6-4-3-5-7-13)14(20)8-9-15(19)21/h3-10H,1-2H3/q+1. The van der Waals surface area contributed by atoms with E-state index in [0.29, 0.717) is 5.69 Å². The normalized spacial score (nSPS) is 16.5. The molecule has 104 valence electrons.